The van der Waals surface area contributed by atoms with E-state index in [-0.39, 0.29) is 10.9 Å². The lowest BCUT2D eigenvalue weighted by molar-refractivity contribution is 0.389. The third-order valence-corrected chi connectivity index (χ3v) is 7.46. The molecule has 3 heterocycles. The third-order valence-electron chi connectivity index (χ3n) is 5.45. The first kappa shape index (κ1) is 20.6. The molecule has 0 aliphatic carbocycles. The Bertz CT molecular complexity index is 1160. The minimum atomic E-state index is -3.63. The Hall–Kier alpha value is -2.71. The van der Waals surface area contributed by atoms with Crippen molar-refractivity contribution in [2.24, 2.45) is 7.05 Å². The van der Waals surface area contributed by atoms with E-state index in [9.17, 15) is 8.42 Å². The predicted octanol–water partition coefficient (Wildman–Crippen LogP) is 3.25. The van der Waals surface area contributed by atoms with E-state index >= 15 is 0 Å². The topological polar surface area (TPSA) is 77.3 Å². The van der Waals surface area contributed by atoms with Gasteiger partial charge in [0, 0.05) is 31.9 Å². The van der Waals surface area contributed by atoms with Gasteiger partial charge in [-0.15, -0.1) is 0 Å². The van der Waals surface area contributed by atoms with Crippen LogP contribution in [0.2, 0.25) is 0 Å². The van der Waals surface area contributed by atoms with Gasteiger partial charge in [0.15, 0.2) is 0 Å². The molecule has 4 rings (SSSR count). The van der Waals surface area contributed by atoms with E-state index in [1.54, 1.807) is 36.3 Å². The molecule has 0 amide bonds. The van der Waals surface area contributed by atoms with Gasteiger partial charge in [0.1, 0.15) is 10.6 Å². The van der Waals surface area contributed by atoms with Gasteiger partial charge in [-0.25, -0.2) is 8.42 Å². The highest BCUT2D eigenvalue weighted by Crippen LogP contribution is 2.36. The van der Waals surface area contributed by atoms with Crippen molar-refractivity contribution >= 4 is 10.0 Å². The fourth-order valence-corrected chi connectivity index (χ4v) is 5.93. The molecular formula is C22H26N4O3S. The molecule has 0 spiro atoms. The first-order valence-corrected chi connectivity index (χ1v) is 11.4. The van der Waals surface area contributed by atoms with Gasteiger partial charge in [-0.1, -0.05) is 18.2 Å². The van der Waals surface area contributed by atoms with Crippen molar-refractivity contribution in [2.75, 3.05) is 13.7 Å². The van der Waals surface area contributed by atoms with Crippen LogP contribution in [-0.2, 0) is 23.5 Å². The standard InChI is InChI=1S/C22H26N4O3S/c1-16-22(15-25(2)24-16)30(27,28)26-12-6-11-21(26)20-10-5-8-18(23-20)13-17-7-4-9-19(14-17)29-3/h4-5,7-10,14-15,21H,6,11-13H2,1-3H3/t21-/m1/s1. The number of rotatable bonds is 6. The van der Waals surface area contributed by atoms with E-state index in [2.05, 4.69) is 5.10 Å². The molecule has 0 bridgehead atoms. The molecule has 2 aromatic heterocycles. The van der Waals surface area contributed by atoms with Gasteiger partial charge in [0.05, 0.1) is 24.5 Å². The van der Waals surface area contributed by atoms with Crippen LogP contribution in [0, 0.1) is 6.92 Å². The number of nitrogens with zero attached hydrogens (tertiary/aromatic N) is 4. The molecule has 1 aromatic carbocycles. The van der Waals surface area contributed by atoms with Crippen LogP contribution >= 0.6 is 0 Å². The second kappa shape index (κ2) is 8.20. The number of sulfonamides is 1. The van der Waals surface area contributed by atoms with Gasteiger partial charge in [-0.05, 0) is 49.6 Å². The largest absolute Gasteiger partial charge is 0.497 e. The molecule has 0 saturated carbocycles. The number of pyridine rings is 1. The molecule has 3 aromatic rings. The Morgan fingerprint density at radius 3 is 2.73 bits per heavy atom. The number of hydrogen-bond donors (Lipinski definition) is 0. The first-order chi connectivity index (χ1) is 14.4. The Morgan fingerprint density at radius 1 is 1.20 bits per heavy atom. The van der Waals surface area contributed by atoms with Gasteiger partial charge in [-0.2, -0.15) is 9.40 Å². The monoisotopic (exact) mass is 426 g/mol. The average molecular weight is 427 g/mol. The third kappa shape index (κ3) is 3.97. The molecular weight excluding hydrogens is 400 g/mol. The zero-order chi connectivity index (χ0) is 21.3. The Morgan fingerprint density at radius 2 is 2.00 bits per heavy atom. The fourth-order valence-electron chi connectivity index (χ4n) is 4.05. The molecule has 7 nitrogen and oxygen atoms in total. The zero-order valence-corrected chi connectivity index (χ0v) is 18.3. The van der Waals surface area contributed by atoms with E-state index in [0.717, 1.165) is 35.5 Å². The van der Waals surface area contributed by atoms with Crippen LogP contribution in [0.1, 0.15) is 41.5 Å². The van der Waals surface area contributed by atoms with Crippen LogP contribution < -0.4 is 4.74 Å². The smallest absolute Gasteiger partial charge is 0.247 e. The van der Waals surface area contributed by atoms with Crippen molar-refractivity contribution in [3.63, 3.8) is 0 Å². The lowest BCUT2D eigenvalue weighted by Gasteiger charge is -2.23. The summed E-state index contributed by atoms with van der Waals surface area (Å²) >= 11 is 0. The van der Waals surface area contributed by atoms with E-state index in [1.807, 2.05) is 42.5 Å². The van der Waals surface area contributed by atoms with Gasteiger partial charge in [0.2, 0.25) is 10.0 Å². The van der Waals surface area contributed by atoms with Gasteiger partial charge >= 0.3 is 0 Å². The van der Waals surface area contributed by atoms with Crippen LogP contribution in [0.15, 0.2) is 53.6 Å². The second-order valence-electron chi connectivity index (χ2n) is 7.61. The van der Waals surface area contributed by atoms with Gasteiger partial charge < -0.3 is 4.74 Å². The van der Waals surface area contributed by atoms with Crippen molar-refractivity contribution in [2.45, 2.75) is 37.1 Å². The number of ether oxygens (including phenoxy) is 1. The van der Waals surface area contributed by atoms with Crippen molar-refractivity contribution in [1.82, 2.24) is 19.1 Å². The van der Waals surface area contributed by atoms with E-state index < -0.39 is 10.0 Å². The average Bonchev–Trinajstić information content (AvgIpc) is 3.35. The van der Waals surface area contributed by atoms with Gasteiger partial charge in [0.25, 0.3) is 0 Å². The van der Waals surface area contributed by atoms with Crippen molar-refractivity contribution in [3.05, 3.63) is 71.3 Å². The van der Waals surface area contributed by atoms with Crippen LogP contribution in [0.25, 0.3) is 0 Å². The highest BCUT2D eigenvalue weighted by Gasteiger charge is 2.38. The molecule has 1 fully saturated rings. The molecule has 158 valence electrons. The maximum absolute atomic E-state index is 13.3. The molecule has 0 N–H and O–H groups in total. The summed E-state index contributed by atoms with van der Waals surface area (Å²) in [6.07, 6.45) is 3.80. The van der Waals surface area contributed by atoms with Crippen LogP contribution in [0.3, 0.4) is 0 Å². The summed E-state index contributed by atoms with van der Waals surface area (Å²) in [5.41, 5.74) is 3.31. The predicted molar refractivity (Wildman–Crippen MR) is 114 cm³/mol. The highest BCUT2D eigenvalue weighted by molar-refractivity contribution is 7.89. The molecule has 0 radical (unpaired) electrons. The summed E-state index contributed by atoms with van der Waals surface area (Å²) in [4.78, 5) is 5.09. The van der Waals surface area contributed by atoms with Crippen molar-refractivity contribution in [1.29, 1.82) is 0 Å². The Balaban J connectivity index is 1.62. The van der Waals surface area contributed by atoms with Crippen LogP contribution in [0.4, 0.5) is 0 Å². The fraction of sp³-hybridized carbons (Fsp3) is 0.364. The number of benzene rings is 1. The number of aryl methyl sites for hydroxylation is 2. The first-order valence-electron chi connectivity index (χ1n) is 9.99. The van der Waals surface area contributed by atoms with E-state index in [1.165, 1.54) is 0 Å². The Kier molecular flexibility index (Phi) is 5.62. The summed E-state index contributed by atoms with van der Waals surface area (Å²) in [6.45, 7) is 2.22. The van der Waals surface area contributed by atoms with E-state index in [0.29, 0.717) is 18.7 Å². The highest BCUT2D eigenvalue weighted by atomic mass is 32.2. The molecule has 1 aliphatic heterocycles. The zero-order valence-electron chi connectivity index (χ0n) is 17.4. The quantitative estimate of drug-likeness (QED) is 0.605. The SMILES string of the molecule is COc1cccc(Cc2cccc([C@H]3CCCN3S(=O)(=O)c3cn(C)nc3C)n2)c1. The van der Waals surface area contributed by atoms with E-state index in [4.69, 9.17) is 9.72 Å². The second-order valence-corrected chi connectivity index (χ2v) is 9.47. The molecule has 1 saturated heterocycles. The lowest BCUT2D eigenvalue weighted by Crippen LogP contribution is -2.31. The summed E-state index contributed by atoms with van der Waals surface area (Å²) in [7, 11) is -0.250. The van der Waals surface area contributed by atoms with Crippen LogP contribution in [-0.4, -0.2) is 41.1 Å². The summed E-state index contributed by atoms with van der Waals surface area (Å²) < 4.78 is 35.1. The maximum atomic E-state index is 13.3. The van der Waals surface area contributed by atoms with Crippen molar-refractivity contribution in [3.8, 4) is 5.75 Å². The summed E-state index contributed by atoms with van der Waals surface area (Å²) in [5.74, 6) is 0.809. The summed E-state index contributed by atoms with van der Waals surface area (Å²) in [6, 6.07) is 13.5. The molecule has 30 heavy (non-hydrogen) atoms. The number of hydrogen-bond acceptors (Lipinski definition) is 5. The number of methoxy groups -OCH3 is 1. The lowest BCUT2D eigenvalue weighted by atomic mass is 10.1. The summed E-state index contributed by atoms with van der Waals surface area (Å²) in [5, 5.41) is 4.21. The molecule has 1 aliphatic rings. The molecule has 8 heteroatoms. The minimum Gasteiger partial charge on any atom is -0.497 e. The van der Waals surface area contributed by atoms with Gasteiger partial charge in [-0.3, -0.25) is 9.67 Å². The molecule has 1 atom stereocenters. The number of aromatic nitrogens is 3. The Labute approximate surface area is 177 Å². The minimum absolute atomic E-state index is 0.264. The molecule has 0 unspecified atom stereocenters. The normalized spacial score (nSPS) is 17.4. The van der Waals surface area contributed by atoms with Crippen LogP contribution in [0.5, 0.6) is 5.75 Å². The van der Waals surface area contributed by atoms with Crippen molar-refractivity contribution < 1.29 is 13.2 Å². The maximum Gasteiger partial charge on any atom is 0.247 e.